The molecule has 6 heteroatoms. The van der Waals surface area contributed by atoms with Crippen LogP contribution in [0.15, 0.2) is 70.2 Å². The molecule has 4 nitrogen and oxygen atoms in total. The molecule has 28 heavy (non-hydrogen) atoms. The molecule has 5 rings (SSSR count). The van der Waals surface area contributed by atoms with E-state index in [9.17, 15) is 4.79 Å². The first-order valence-corrected chi connectivity index (χ1v) is 10.8. The van der Waals surface area contributed by atoms with Gasteiger partial charge in [0.05, 0.1) is 11.4 Å². The number of nitrogens with zero attached hydrogens (tertiary/aromatic N) is 1. The zero-order valence-electron chi connectivity index (χ0n) is 15.1. The SMILES string of the molecule is C[C@H](Nc1ccc2ccccc2c1)c1nc2scc(-c3cccs3)c2c(=O)[nH]1. The monoisotopic (exact) mass is 403 g/mol. The summed E-state index contributed by atoms with van der Waals surface area (Å²) in [5.41, 5.74) is 1.88. The summed E-state index contributed by atoms with van der Waals surface area (Å²) in [5.74, 6) is 0.644. The third-order valence-corrected chi connectivity index (χ3v) is 6.57. The molecule has 2 N–H and O–H groups in total. The molecule has 138 valence electrons. The molecule has 0 fully saturated rings. The van der Waals surface area contributed by atoms with Gasteiger partial charge in [0.15, 0.2) is 0 Å². The molecule has 3 heterocycles. The zero-order valence-corrected chi connectivity index (χ0v) is 16.7. The van der Waals surface area contributed by atoms with Crippen molar-refractivity contribution in [3.8, 4) is 10.4 Å². The van der Waals surface area contributed by atoms with Crippen LogP contribution in [0.3, 0.4) is 0 Å². The van der Waals surface area contributed by atoms with Gasteiger partial charge in [0.25, 0.3) is 5.56 Å². The van der Waals surface area contributed by atoms with Crippen molar-refractivity contribution in [2.75, 3.05) is 5.32 Å². The second kappa shape index (κ2) is 6.89. The van der Waals surface area contributed by atoms with E-state index in [4.69, 9.17) is 4.98 Å². The molecule has 0 saturated heterocycles. The van der Waals surface area contributed by atoms with Gasteiger partial charge in [-0.2, -0.15) is 0 Å². The number of fused-ring (bicyclic) bond motifs is 2. The fourth-order valence-electron chi connectivity index (χ4n) is 3.38. The number of rotatable bonds is 4. The maximum Gasteiger partial charge on any atom is 0.260 e. The predicted octanol–water partition coefficient (Wildman–Crippen LogP) is 6.04. The zero-order chi connectivity index (χ0) is 19.1. The molecule has 0 unspecified atom stereocenters. The van der Waals surface area contributed by atoms with Crippen LogP contribution in [0.4, 0.5) is 5.69 Å². The summed E-state index contributed by atoms with van der Waals surface area (Å²) in [6.45, 7) is 2.01. The molecule has 0 spiro atoms. The molecule has 2 aromatic carbocycles. The Hall–Kier alpha value is -2.96. The number of benzene rings is 2. The van der Waals surface area contributed by atoms with Crippen LogP contribution in [0.5, 0.6) is 0 Å². The summed E-state index contributed by atoms with van der Waals surface area (Å²) < 4.78 is 0. The summed E-state index contributed by atoms with van der Waals surface area (Å²) in [6.07, 6.45) is 0. The number of hydrogen-bond acceptors (Lipinski definition) is 5. The van der Waals surface area contributed by atoms with Crippen LogP contribution >= 0.6 is 22.7 Å². The van der Waals surface area contributed by atoms with E-state index in [-0.39, 0.29) is 11.6 Å². The lowest BCUT2D eigenvalue weighted by atomic mass is 10.1. The van der Waals surface area contributed by atoms with Crippen LogP contribution in [-0.2, 0) is 0 Å². The second-order valence-electron chi connectivity index (χ2n) is 6.69. The van der Waals surface area contributed by atoms with Crippen LogP contribution in [-0.4, -0.2) is 9.97 Å². The number of H-pyrrole nitrogens is 1. The molecule has 0 radical (unpaired) electrons. The van der Waals surface area contributed by atoms with E-state index in [1.807, 2.05) is 41.9 Å². The molecule has 0 aliphatic heterocycles. The van der Waals surface area contributed by atoms with E-state index in [0.717, 1.165) is 21.0 Å². The topological polar surface area (TPSA) is 57.8 Å². The van der Waals surface area contributed by atoms with Crippen molar-refractivity contribution in [2.24, 2.45) is 0 Å². The van der Waals surface area contributed by atoms with Gasteiger partial charge < -0.3 is 10.3 Å². The van der Waals surface area contributed by atoms with Gasteiger partial charge in [0.1, 0.15) is 10.7 Å². The van der Waals surface area contributed by atoms with Gasteiger partial charge in [-0.3, -0.25) is 4.79 Å². The molecule has 0 aliphatic carbocycles. The fraction of sp³-hybridized carbons (Fsp3) is 0.0909. The highest BCUT2D eigenvalue weighted by Crippen LogP contribution is 2.34. The van der Waals surface area contributed by atoms with Gasteiger partial charge in [0.2, 0.25) is 0 Å². The minimum atomic E-state index is -0.120. The molecule has 0 amide bonds. The van der Waals surface area contributed by atoms with Gasteiger partial charge >= 0.3 is 0 Å². The first-order valence-electron chi connectivity index (χ1n) is 9.00. The van der Waals surface area contributed by atoms with E-state index in [1.165, 1.54) is 22.1 Å². The van der Waals surface area contributed by atoms with Crippen molar-refractivity contribution >= 4 is 49.4 Å². The second-order valence-corrected chi connectivity index (χ2v) is 8.49. The standard InChI is InChI=1S/C22H17N3OS2/c1-13(23-16-9-8-14-5-2-3-6-15(14)11-16)20-24-21(26)19-17(12-28-22(19)25-20)18-7-4-10-27-18/h2-13,23H,1H3,(H,24,25,26)/t13-/m0/s1. The maximum absolute atomic E-state index is 12.8. The lowest BCUT2D eigenvalue weighted by molar-refractivity contribution is 0.793. The normalized spacial score (nSPS) is 12.5. The largest absolute Gasteiger partial charge is 0.375 e. The summed E-state index contributed by atoms with van der Waals surface area (Å²) in [5, 5.41) is 10.5. The van der Waals surface area contributed by atoms with E-state index >= 15 is 0 Å². The molecular formula is C22H17N3OS2. The Morgan fingerprint density at radius 2 is 1.89 bits per heavy atom. The van der Waals surface area contributed by atoms with Gasteiger partial charge in [-0.05, 0) is 41.3 Å². The number of nitrogens with one attached hydrogen (secondary N) is 2. The van der Waals surface area contributed by atoms with Crippen molar-refractivity contribution in [1.82, 2.24) is 9.97 Å². The Kier molecular flexibility index (Phi) is 4.22. The predicted molar refractivity (Wildman–Crippen MR) is 120 cm³/mol. The van der Waals surface area contributed by atoms with E-state index in [1.54, 1.807) is 11.3 Å². The van der Waals surface area contributed by atoms with Gasteiger partial charge in [-0.15, -0.1) is 22.7 Å². The van der Waals surface area contributed by atoms with Crippen molar-refractivity contribution in [1.29, 1.82) is 0 Å². The van der Waals surface area contributed by atoms with Crippen LogP contribution in [0, 0.1) is 0 Å². The Morgan fingerprint density at radius 1 is 1.04 bits per heavy atom. The van der Waals surface area contributed by atoms with Crippen LogP contribution in [0.2, 0.25) is 0 Å². The lowest BCUT2D eigenvalue weighted by Gasteiger charge is -2.15. The number of hydrogen-bond donors (Lipinski definition) is 2. The quantitative estimate of drug-likeness (QED) is 0.385. The first kappa shape index (κ1) is 17.2. The number of thiophene rings is 2. The fourth-order valence-corrected chi connectivity index (χ4v) is 5.15. The van der Waals surface area contributed by atoms with Crippen molar-refractivity contribution in [3.63, 3.8) is 0 Å². The number of aromatic nitrogens is 2. The minimum absolute atomic E-state index is 0.0863. The first-order chi connectivity index (χ1) is 13.7. The molecule has 0 saturated carbocycles. The van der Waals surface area contributed by atoms with Crippen molar-refractivity contribution < 1.29 is 0 Å². The summed E-state index contributed by atoms with van der Waals surface area (Å²) >= 11 is 3.14. The molecule has 0 aliphatic rings. The smallest absolute Gasteiger partial charge is 0.260 e. The maximum atomic E-state index is 12.8. The number of aromatic amines is 1. The van der Waals surface area contributed by atoms with Gasteiger partial charge in [-0.25, -0.2) is 4.98 Å². The molecule has 1 atom stereocenters. The highest BCUT2D eigenvalue weighted by atomic mass is 32.1. The van der Waals surface area contributed by atoms with Crippen molar-refractivity contribution in [3.05, 3.63) is 81.5 Å². The highest BCUT2D eigenvalue weighted by molar-refractivity contribution is 7.18. The summed E-state index contributed by atoms with van der Waals surface area (Å²) in [7, 11) is 0. The average molecular weight is 404 g/mol. The third-order valence-electron chi connectivity index (χ3n) is 4.79. The summed E-state index contributed by atoms with van der Waals surface area (Å²) in [4.78, 5) is 22.4. The molecule has 0 bridgehead atoms. The molecular weight excluding hydrogens is 386 g/mol. The lowest BCUT2D eigenvalue weighted by Crippen LogP contribution is -2.17. The molecule has 5 aromatic rings. The summed E-state index contributed by atoms with van der Waals surface area (Å²) in [6, 6.07) is 18.4. The van der Waals surface area contributed by atoms with Gasteiger partial charge in [-0.1, -0.05) is 36.4 Å². The average Bonchev–Trinajstić information content (AvgIpc) is 3.37. The Labute approximate surface area is 169 Å². The Morgan fingerprint density at radius 3 is 2.71 bits per heavy atom. The Bertz CT molecular complexity index is 1340. The van der Waals surface area contributed by atoms with Gasteiger partial charge in [0, 0.05) is 21.5 Å². The van der Waals surface area contributed by atoms with E-state index in [2.05, 4.69) is 40.6 Å². The van der Waals surface area contributed by atoms with Crippen molar-refractivity contribution in [2.45, 2.75) is 13.0 Å². The minimum Gasteiger partial charge on any atom is -0.375 e. The Balaban J connectivity index is 1.49. The third kappa shape index (κ3) is 3.00. The van der Waals surface area contributed by atoms with Crippen LogP contribution < -0.4 is 10.9 Å². The number of anilines is 1. The molecule has 3 aromatic heterocycles. The highest BCUT2D eigenvalue weighted by Gasteiger charge is 2.16. The van der Waals surface area contributed by atoms with E-state index in [0.29, 0.717) is 11.2 Å². The van der Waals surface area contributed by atoms with Crippen LogP contribution in [0.1, 0.15) is 18.8 Å². The van der Waals surface area contributed by atoms with E-state index < -0.39 is 0 Å². The van der Waals surface area contributed by atoms with Crippen LogP contribution in [0.25, 0.3) is 31.4 Å².